The summed E-state index contributed by atoms with van der Waals surface area (Å²) in [6, 6.07) is 12.8. The lowest BCUT2D eigenvalue weighted by molar-refractivity contribution is -0.268. The number of hydrogen-bond acceptors (Lipinski definition) is 5. The zero-order valence-electron chi connectivity index (χ0n) is 12.0. The van der Waals surface area contributed by atoms with Crippen LogP contribution in [0.15, 0.2) is 42.5 Å². The third-order valence-electron chi connectivity index (χ3n) is 3.83. The highest BCUT2D eigenvalue weighted by Crippen LogP contribution is 2.43. The van der Waals surface area contributed by atoms with Crippen LogP contribution >= 0.6 is 11.7 Å². The Morgan fingerprint density at radius 1 is 1.17 bits per heavy atom. The van der Waals surface area contributed by atoms with Crippen LogP contribution in [0.2, 0.25) is 0 Å². The van der Waals surface area contributed by atoms with Gasteiger partial charge in [0.05, 0.1) is 11.7 Å². The van der Waals surface area contributed by atoms with Crippen LogP contribution in [0.4, 0.5) is 14.5 Å². The monoisotopic (exact) mass is 333 g/mol. The van der Waals surface area contributed by atoms with Crippen molar-refractivity contribution >= 4 is 28.4 Å². The van der Waals surface area contributed by atoms with Gasteiger partial charge in [0.2, 0.25) is 0 Å². The number of benzene rings is 2. The van der Waals surface area contributed by atoms with Gasteiger partial charge in [0.1, 0.15) is 23.7 Å². The number of aromatic nitrogens is 2. The lowest BCUT2D eigenvalue weighted by atomic mass is 9.99. The van der Waals surface area contributed by atoms with E-state index in [1.165, 1.54) is 11.7 Å². The van der Waals surface area contributed by atoms with Gasteiger partial charge in [0.15, 0.2) is 0 Å². The van der Waals surface area contributed by atoms with Crippen LogP contribution < -0.4 is 5.32 Å². The van der Waals surface area contributed by atoms with Crippen LogP contribution in [0.25, 0.3) is 11.0 Å². The third-order valence-corrected chi connectivity index (χ3v) is 4.39. The van der Waals surface area contributed by atoms with E-state index in [0.717, 1.165) is 22.3 Å². The summed E-state index contributed by atoms with van der Waals surface area (Å²) >= 11 is 1.18. The molecule has 1 saturated heterocycles. The smallest absolute Gasteiger partial charge is 0.300 e. The van der Waals surface area contributed by atoms with Gasteiger partial charge in [-0.1, -0.05) is 18.2 Å². The van der Waals surface area contributed by atoms with Gasteiger partial charge in [0.25, 0.3) is 0 Å². The molecule has 0 spiro atoms. The Bertz CT molecular complexity index is 852. The number of rotatable bonds is 4. The number of nitrogens with one attached hydrogen (secondary N) is 1. The molecule has 1 aromatic heterocycles. The van der Waals surface area contributed by atoms with Crippen molar-refractivity contribution in [3.05, 3.63) is 53.6 Å². The van der Waals surface area contributed by atoms with E-state index in [-0.39, 0.29) is 0 Å². The molecule has 1 unspecified atom stereocenters. The number of ether oxygens (including phenoxy) is 1. The van der Waals surface area contributed by atoms with E-state index in [1.807, 2.05) is 24.3 Å². The lowest BCUT2D eigenvalue weighted by Crippen LogP contribution is -2.44. The highest BCUT2D eigenvalue weighted by atomic mass is 32.1. The minimum absolute atomic E-state index is 0.491. The van der Waals surface area contributed by atoms with Gasteiger partial charge >= 0.3 is 5.92 Å². The molecule has 1 atom stereocenters. The Balaban J connectivity index is 1.48. The number of alkyl halides is 2. The quantitative estimate of drug-likeness (QED) is 0.784. The normalized spacial score (nSPS) is 19.5. The molecule has 2 aromatic carbocycles. The number of anilines is 1. The Morgan fingerprint density at radius 3 is 2.83 bits per heavy atom. The van der Waals surface area contributed by atoms with E-state index < -0.39 is 18.6 Å². The second-order valence-electron chi connectivity index (χ2n) is 5.52. The fourth-order valence-corrected chi connectivity index (χ4v) is 3.10. The molecular formula is C16H13F2N3OS. The first-order chi connectivity index (χ1) is 11.1. The SMILES string of the molecule is FC1(F)COC1c1cccc(NCc2ccc3nsnc3c2)c1. The molecule has 0 radical (unpaired) electrons. The van der Waals surface area contributed by atoms with Crippen LogP contribution in [0, 0.1) is 0 Å². The standard InChI is InChI=1S/C16H13F2N3OS/c17-16(18)9-22-15(16)11-2-1-3-12(7-11)19-8-10-4-5-13-14(6-10)21-23-20-13/h1-7,15,19H,8-9H2. The minimum atomic E-state index is -2.78. The van der Waals surface area contributed by atoms with Gasteiger partial charge in [-0.2, -0.15) is 8.75 Å². The van der Waals surface area contributed by atoms with E-state index in [9.17, 15) is 8.78 Å². The van der Waals surface area contributed by atoms with Crippen molar-refractivity contribution in [2.45, 2.75) is 18.6 Å². The van der Waals surface area contributed by atoms with Crippen molar-refractivity contribution in [3.63, 3.8) is 0 Å². The second-order valence-corrected chi connectivity index (χ2v) is 6.05. The van der Waals surface area contributed by atoms with Crippen molar-refractivity contribution in [3.8, 4) is 0 Å². The first-order valence-corrected chi connectivity index (χ1v) is 7.89. The van der Waals surface area contributed by atoms with E-state index in [2.05, 4.69) is 14.1 Å². The third kappa shape index (κ3) is 2.77. The average molecular weight is 333 g/mol. The summed E-state index contributed by atoms with van der Waals surface area (Å²) in [5.74, 6) is -2.78. The first-order valence-electron chi connectivity index (χ1n) is 7.16. The summed E-state index contributed by atoms with van der Waals surface area (Å²) < 4.78 is 40.2. The summed E-state index contributed by atoms with van der Waals surface area (Å²) in [5, 5.41) is 3.24. The maximum absolute atomic E-state index is 13.4. The van der Waals surface area contributed by atoms with Crippen LogP contribution in [-0.2, 0) is 11.3 Å². The zero-order chi connectivity index (χ0) is 15.9. The Morgan fingerprint density at radius 2 is 2.04 bits per heavy atom. The van der Waals surface area contributed by atoms with E-state index >= 15 is 0 Å². The fourth-order valence-electron chi connectivity index (χ4n) is 2.59. The minimum Gasteiger partial charge on any atom is -0.381 e. The molecule has 1 aliphatic rings. The van der Waals surface area contributed by atoms with E-state index in [1.54, 1.807) is 18.2 Å². The summed E-state index contributed by atoms with van der Waals surface area (Å²) in [7, 11) is 0. The van der Waals surface area contributed by atoms with E-state index in [4.69, 9.17) is 4.74 Å². The molecule has 4 nitrogen and oxygen atoms in total. The Kier molecular flexibility index (Phi) is 3.46. The Hall–Kier alpha value is -2.12. The predicted molar refractivity (Wildman–Crippen MR) is 84.8 cm³/mol. The van der Waals surface area contributed by atoms with Crippen molar-refractivity contribution < 1.29 is 13.5 Å². The molecule has 0 bridgehead atoms. The molecule has 4 rings (SSSR count). The molecular weight excluding hydrogens is 320 g/mol. The van der Waals surface area contributed by atoms with Gasteiger partial charge < -0.3 is 10.1 Å². The van der Waals surface area contributed by atoms with Crippen molar-refractivity contribution in [1.29, 1.82) is 0 Å². The van der Waals surface area contributed by atoms with Gasteiger partial charge in [-0.3, -0.25) is 0 Å². The molecule has 1 aliphatic heterocycles. The van der Waals surface area contributed by atoms with Crippen LogP contribution in [-0.4, -0.2) is 21.3 Å². The molecule has 23 heavy (non-hydrogen) atoms. The van der Waals surface area contributed by atoms with Crippen molar-refractivity contribution in [2.75, 3.05) is 11.9 Å². The van der Waals surface area contributed by atoms with Gasteiger partial charge in [-0.05, 0) is 35.4 Å². The van der Waals surface area contributed by atoms with Crippen LogP contribution in [0.1, 0.15) is 17.2 Å². The number of hydrogen-bond donors (Lipinski definition) is 1. The lowest BCUT2D eigenvalue weighted by Gasteiger charge is -2.36. The molecule has 0 aliphatic carbocycles. The zero-order valence-corrected chi connectivity index (χ0v) is 12.8. The summed E-state index contributed by atoms with van der Waals surface area (Å²) in [5.41, 5.74) is 4.08. The van der Waals surface area contributed by atoms with Crippen molar-refractivity contribution in [1.82, 2.24) is 8.75 Å². The average Bonchev–Trinajstić information content (AvgIpc) is 3.00. The second kappa shape index (κ2) is 5.50. The molecule has 7 heteroatoms. The van der Waals surface area contributed by atoms with Crippen LogP contribution in [0.5, 0.6) is 0 Å². The molecule has 3 aromatic rings. The highest BCUT2D eigenvalue weighted by molar-refractivity contribution is 7.00. The predicted octanol–water partition coefficient (Wildman–Crippen LogP) is 4.01. The summed E-state index contributed by atoms with van der Waals surface area (Å²) in [6.45, 7) is 0.0792. The molecule has 0 saturated carbocycles. The Labute approximate surface area is 135 Å². The highest BCUT2D eigenvalue weighted by Gasteiger charge is 2.51. The molecule has 2 heterocycles. The summed E-state index contributed by atoms with van der Waals surface area (Å²) in [6.07, 6.45) is -1.14. The largest absolute Gasteiger partial charge is 0.381 e. The van der Waals surface area contributed by atoms with Gasteiger partial charge in [-0.15, -0.1) is 0 Å². The van der Waals surface area contributed by atoms with Crippen molar-refractivity contribution in [2.24, 2.45) is 0 Å². The van der Waals surface area contributed by atoms with Gasteiger partial charge in [0, 0.05) is 12.2 Å². The fraction of sp³-hybridized carbons (Fsp3) is 0.250. The molecule has 1 fully saturated rings. The molecule has 1 N–H and O–H groups in total. The maximum atomic E-state index is 13.4. The molecule has 118 valence electrons. The number of nitrogens with zero attached hydrogens (tertiary/aromatic N) is 2. The topological polar surface area (TPSA) is 47.0 Å². The first kappa shape index (κ1) is 14.5. The summed E-state index contributed by atoms with van der Waals surface area (Å²) in [4.78, 5) is 0. The van der Waals surface area contributed by atoms with Crippen LogP contribution in [0.3, 0.4) is 0 Å². The maximum Gasteiger partial charge on any atom is 0.300 e. The molecule has 0 amide bonds. The van der Waals surface area contributed by atoms with E-state index in [0.29, 0.717) is 12.1 Å². The number of fused-ring (bicyclic) bond motifs is 1. The van der Waals surface area contributed by atoms with Gasteiger partial charge in [-0.25, -0.2) is 8.78 Å². The number of halogens is 2.